The summed E-state index contributed by atoms with van der Waals surface area (Å²) in [5, 5.41) is 3.20. The highest BCUT2D eigenvalue weighted by molar-refractivity contribution is 5.35. The highest BCUT2D eigenvalue weighted by atomic mass is 16.5. The molecule has 0 bridgehead atoms. The molecule has 0 fully saturated rings. The molecule has 90 valence electrons. The predicted molar refractivity (Wildman–Crippen MR) is 62.4 cm³/mol. The number of nitrogens with zero attached hydrogens (tertiary/aromatic N) is 2. The lowest BCUT2D eigenvalue weighted by Gasteiger charge is -2.12. The summed E-state index contributed by atoms with van der Waals surface area (Å²) in [4.78, 5) is 8.59. The zero-order valence-electron chi connectivity index (χ0n) is 10.3. The molecule has 1 atom stereocenters. The molecule has 0 amide bonds. The van der Waals surface area contributed by atoms with Crippen LogP contribution in [-0.4, -0.2) is 36.8 Å². The lowest BCUT2D eigenvalue weighted by atomic mass is 10.3. The highest BCUT2D eigenvalue weighted by Gasteiger charge is 2.03. The maximum absolute atomic E-state index is 5.15. The number of methoxy groups -OCH3 is 2. The second kappa shape index (κ2) is 6.40. The molecule has 5 heteroatoms. The first-order valence-electron chi connectivity index (χ1n) is 5.26. The average Bonchev–Trinajstić information content (AvgIpc) is 2.25. The number of hydrogen-bond acceptors (Lipinski definition) is 5. The van der Waals surface area contributed by atoms with Crippen molar-refractivity contribution in [3.63, 3.8) is 0 Å². The largest absolute Gasteiger partial charge is 0.380 e. The van der Waals surface area contributed by atoms with Crippen molar-refractivity contribution >= 4 is 5.82 Å². The first-order valence-corrected chi connectivity index (χ1v) is 5.26. The van der Waals surface area contributed by atoms with Crippen molar-refractivity contribution in [2.75, 3.05) is 26.1 Å². The molecule has 0 aliphatic heterocycles. The van der Waals surface area contributed by atoms with E-state index >= 15 is 0 Å². The zero-order chi connectivity index (χ0) is 12.0. The van der Waals surface area contributed by atoms with Gasteiger partial charge in [0.1, 0.15) is 12.4 Å². The molecule has 1 aromatic rings. The van der Waals surface area contributed by atoms with Gasteiger partial charge in [-0.3, -0.25) is 0 Å². The second-order valence-electron chi connectivity index (χ2n) is 3.67. The van der Waals surface area contributed by atoms with Gasteiger partial charge in [-0.25, -0.2) is 9.97 Å². The zero-order valence-corrected chi connectivity index (χ0v) is 10.3. The molecule has 0 aliphatic rings. The molecule has 1 rings (SSSR count). The summed E-state index contributed by atoms with van der Waals surface area (Å²) in [5.41, 5.74) is 0.926. The number of nitrogens with one attached hydrogen (secondary N) is 1. The van der Waals surface area contributed by atoms with Crippen LogP contribution in [0.25, 0.3) is 0 Å². The maximum atomic E-state index is 5.15. The molecule has 16 heavy (non-hydrogen) atoms. The summed E-state index contributed by atoms with van der Waals surface area (Å²) >= 11 is 0. The first kappa shape index (κ1) is 12.9. The molecule has 1 N–H and O–H groups in total. The van der Waals surface area contributed by atoms with Crippen LogP contribution in [0.3, 0.4) is 0 Å². The lowest BCUT2D eigenvalue weighted by Crippen LogP contribution is -2.19. The summed E-state index contributed by atoms with van der Waals surface area (Å²) in [7, 11) is 3.32. The van der Waals surface area contributed by atoms with Crippen LogP contribution in [0.2, 0.25) is 0 Å². The summed E-state index contributed by atoms with van der Waals surface area (Å²) in [6.45, 7) is 5.08. The number of aromatic nitrogens is 2. The van der Waals surface area contributed by atoms with E-state index < -0.39 is 0 Å². The Kier molecular flexibility index (Phi) is 5.14. The Balaban J connectivity index is 2.64. The van der Waals surface area contributed by atoms with Gasteiger partial charge in [0.2, 0.25) is 0 Å². The minimum atomic E-state index is 0.154. The van der Waals surface area contributed by atoms with E-state index in [-0.39, 0.29) is 6.10 Å². The molecule has 0 aliphatic carbocycles. The third-order valence-electron chi connectivity index (χ3n) is 2.15. The van der Waals surface area contributed by atoms with Crippen LogP contribution >= 0.6 is 0 Å². The maximum Gasteiger partial charge on any atom is 0.156 e. The van der Waals surface area contributed by atoms with Gasteiger partial charge in [0.15, 0.2) is 5.82 Å². The fourth-order valence-electron chi connectivity index (χ4n) is 1.25. The topological polar surface area (TPSA) is 56.3 Å². The smallest absolute Gasteiger partial charge is 0.156 e. The minimum Gasteiger partial charge on any atom is -0.380 e. The van der Waals surface area contributed by atoms with Crippen LogP contribution in [-0.2, 0) is 16.1 Å². The van der Waals surface area contributed by atoms with Crippen LogP contribution in [0.1, 0.15) is 18.4 Å². The molecule has 1 heterocycles. The molecular weight excluding hydrogens is 206 g/mol. The van der Waals surface area contributed by atoms with Crippen LogP contribution in [0.5, 0.6) is 0 Å². The van der Waals surface area contributed by atoms with E-state index in [2.05, 4.69) is 15.3 Å². The fourth-order valence-corrected chi connectivity index (χ4v) is 1.25. The van der Waals surface area contributed by atoms with Crippen LogP contribution in [0.15, 0.2) is 6.07 Å². The monoisotopic (exact) mass is 225 g/mol. The molecule has 1 unspecified atom stereocenters. The van der Waals surface area contributed by atoms with Gasteiger partial charge in [-0.2, -0.15) is 0 Å². The normalized spacial score (nSPS) is 12.5. The Hall–Kier alpha value is -1.20. The Bertz CT molecular complexity index is 331. The van der Waals surface area contributed by atoms with Crippen molar-refractivity contribution in [1.29, 1.82) is 0 Å². The van der Waals surface area contributed by atoms with E-state index in [1.54, 1.807) is 14.2 Å². The quantitative estimate of drug-likeness (QED) is 0.792. The van der Waals surface area contributed by atoms with Gasteiger partial charge in [0.25, 0.3) is 0 Å². The van der Waals surface area contributed by atoms with E-state index in [1.807, 2.05) is 19.9 Å². The van der Waals surface area contributed by atoms with Gasteiger partial charge >= 0.3 is 0 Å². The molecule has 1 aromatic heterocycles. The third-order valence-corrected chi connectivity index (χ3v) is 2.15. The Morgan fingerprint density at radius 1 is 1.38 bits per heavy atom. The first-order chi connectivity index (χ1) is 7.65. The fraction of sp³-hybridized carbons (Fsp3) is 0.636. The molecule has 0 saturated heterocycles. The SMILES string of the molecule is COCc1nc(C)cc(NCC(C)OC)n1. The van der Waals surface area contributed by atoms with E-state index in [4.69, 9.17) is 9.47 Å². The molecule has 5 nitrogen and oxygen atoms in total. The van der Waals surface area contributed by atoms with E-state index in [1.165, 1.54) is 0 Å². The van der Waals surface area contributed by atoms with Gasteiger partial charge in [0, 0.05) is 32.5 Å². The number of aryl methyl sites for hydroxylation is 1. The number of hydrogen-bond donors (Lipinski definition) is 1. The van der Waals surface area contributed by atoms with E-state index in [9.17, 15) is 0 Å². The van der Waals surface area contributed by atoms with Crippen molar-refractivity contribution in [1.82, 2.24) is 9.97 Å². The standard InChI is InChI=1S/C11H19N3O2/c1-8-5-10(12-6-9(2)16-4)14-11(13-8)7-15-3/h5,9H,6-7H2,1-4H3,(H,12,13,14). The van der Waals surface area contributed by atoms with Crippen molar-refractivity contribution in [3.8, 4) is 0 Å². The Morgan fingerprint density at radius 3 is 2.75 bits per heavy atom. The summed E-state index contributed by atoms with van der Waals surface area (Å²) < 4.78 is 10.2. The molecule has 0 aromatic carbocycles. The van der Waals surface area contributed by atoms with Crippen LogP contribution in [0.4, 0.5) is 5.82 Å². The average molecular weight is 225 g/mol. The van der Waals surface area contributed by atoms with E-state index in [0.717, 1.165) is 18.1 Å². The van der Waals surface area contributed by atoms with Crippen molar-refractivity contribution in [2.45, 2.75) is 26.6 Å². The summed E-state index contributed by atoms with van der Waals surface area (Å²) in [5.74, 6) is 1.50. The lowest BCUT2D eigenvalue weighted by molar-refractivity contribution is 0.128. The van der Waals surface area contributed by atoms with E-state index in [0.29, 0.717) is 12.4 Å². The number of ether oxygens (including phenoxy) is 2. The third kappa shape index (κ3) is 4.12. The molecule has 0 radical (unpaired) electrons. The number of anilines is 1. The highest BCUT2D eigenvalue weighted by Crippen LogP contribution is 2.07. The van der Waals surface area contributed by atoms with Gasteiger partial charge in [-0.1, -0.05) is 0 Å². The van der Waals surface area contributed by atoms with Gasteiger partial charge in [0.05, 0.1) is 6.10 Å². The molecular formula is C11H19N3O2. The Morgan fingerprint density at radius 2 is 2.12 bits per heavy atom. The van der Waals surface area contributed by atoms with Crippen molar-refractivity contribution in [2.24, 2.45) is 0 Å². The second-order valence-corrected chi connectivity index (χ2v) is 3.67. The van der Waals surface area contributed by atoms with Crippen LogP contribution in [0, 0.1) is 6.92 Å². The summed E-state index contributed by atoms with van der Waals surface area (Å²) in [6, 6.07) is 1.90. The van der Waals surface area contributed by atoms with Crippen molar-refractivity contribution in [3.05, 3.63) is 17.6 Å². The van der Waals surface area contributed by atoms with Crippen LogP contribution < -0.4 is 5.32 Å². The number of rotatable bonds is 6. The minimum absolute atomic E-state index is 0.154. The van der Waals surface area contributed by atoms with Crippen molar-refractivity contribution < 1.29 is 9.47 Å². The summed E-state index contributed by atoms with van der Waals surface area (Å²) in [6.07, 6.45) is 0.154. The van der Waals surface area contributed by atoms with Gasteiger partial charge in [-0.05, 0) is 13.8 Å². The Labute approximate surface area is 96.2 Å². The predicted octanol–water partition coefficient (Wildman–Crippen LogP) is 1.38. The van der Waals surface area contributed by atoms with Gasteiger partial charge in [-0.15, -0.1) is 0 Å². The molecule has 0 saturated carbocycles. The molecule has 0 spiro atoms. The van der Waals surface area contributed by atoms with Gasteiger partial charge < -0.3 is 14.8 Å².